The lowest BCUT2D eigenvalue weighted by Crippen LogP contribution is -2.33. The Kier molecular flexibility index (Phi) is 3.62. The van der Waals surface area contributed by atoms with Crippen LogP contribution < -0.4 is 10.6 Å². The third-order valence-electron chi connectivity index (χ3n) is 3.56. The fourth-order valence-electron chi connectivity index (χ4n) is 2.41. The molecule has 5 nitrogen and oxygen atoms in total. The van der Waals surface area contributed by atoms with Gasteiger partial charge in [-0.2, -0.15) is 0 Å². The zero-order valence-electron chi connectivity index (χ0n) is 11.6. The third-order valence-corrected chi connectivity index (χ3v) is 3.56. The van der Waals surface area contributed by atoms with Crippen LogP contribution in [0.3, 0.4) is 0 Å². The summed E-state index contributed by atoms with van der Waals surface area (Å²) in [7, 11) is 0. The van der Waals surface area contributed by atoms with Crippen molar-refractivity contribution in [3.63, 3.8) is 0 Å². The summed E-state index contributed by atoms with van der Waals surface area (Å²) < 4.78 is 13.2. The van der Waals surface area contributed by atoms with E-state index in [0.29, 0.717) is 18.7 Å². The molecular weight excluding hydrogens is 271 g/mol. The Hall–Kier alpha value is -2.34. The van der Waals surface area contributed by atoms with Gasteiger partial charge in [0.05, 0.1) is 5.69 Å². The summed E-state index contributed by atoms with van der Waals surface area (Å²) in [5, 5.41) is 5.95. The van der Waals surface area contributed by atoms with Crippen LogP contribution in [0.4, 0.5) is 4.39 Å². The summed E-state index contributed by atoms with van der Waals surface area (Å²) in [4.78, 5) is 20.3. The van der Waals surface area contributed by atoms with Gasteiger partial charge in [-0.25, -0.2) is 14.4 Å². The van der Waals surface area contributed by atoms with Gasteiger partial charge in [-0.15, -0.1) is 0 Å². The van der Waals surface area contributed by atoms with Gasteiger partial charge < -0.3 is 5.32 Å². The maximum Gasteiger partial charge on any atom is 0.242 e. The minimum atomic E-state index is -0.428. The fraction of sp³-hybridized carbons (Fsp3) is 0.267. The van der Waals surface area contributed by atoms with E-state index < -0.39 is 6.04 Å². The smallest absolute Gasteiger partial charge is 0.242 e. The number of aryl methyl sites for hydroxylation is 1. The monoisotopic (exact) mass is 286 g/mol. The van der Waals surface area contributed by atoms with Crippen molar-refractivity contribution >= 4 is 5.91 Å². The van der Waals surface area contributed by atoms with Gasteiger partial charge in [0, 0.05) is 24.8 Å². The zero-order valence-corrected chi connectivity index (χ0v) is 11.6. The second-order valence-electron chi connectivity index (χ2n) is 5.04. The number of hydrogen-bond acceptors (Lipinski definition) is 4. The molecule has 1 aromatic heterocycles. The lowest BCUT2D eigenvalue weighted by molar-refractivity contribution is -0.123. The summed E-state index contributed by atoms with van der Waals surface area (Å²) in [5.41, 5.74) is 3.09. The molecule has 0 aliphatic carbocycles. The summed E-state index contributed by atoms with van der Waals surface area (Å²) in [6.07, 6.45) is 3.14. The number of carbonyl (C=O) groups excluding carboxylic acids is 1. The normalized spacial score (nSPS) is 16.6. The first-order valence-corrected chi connectivity index (χ1v) is 6.70. The SMILES string of the molecule is Cc1cc(CNC(=O)C2NCc3ncncc32)ccc1F. The predicted molar refractivity (Wildman–Crippen MR) is 74.6 cm³/mol. The molecule has 0 bridgehead atoms. The van der Waals surface area contributed by atoms with Crippen molar-refractivity contribution in [2.45, 2.75) is 26.1 Å². The minimum Gasteiger partial charge on any atom is -0.350 e. The van der Waals surface area contributed by atoms with Crippen LogP contribution in [0.15, 0.2) is 30.7 Å². The van der Waals surface area contributed by atoms with E-state index in [-0.39, 0.29) is 11.7 Å². The predicted octanol–water partition coefficient (Wildman–Crippen LogP) is 1.38. The maximum atomic E-state index is 13.2. The Morgan fingerprint density at radius 2 is 2.38 bits per heavy atom. The van der Waals surface area contributed by atoms with Gasteiger partial charge in [0.1, 0.15) is 18.2 Å². The molecule has 2 N–H and O–H groups in total. The first-order chi connectivity index (χ1) is 10.1. The van der Waals surface area contributed by atoms with E-state index >= 15 is 0 Å². The largest absolute Gasteiger partial charge is 0.350 e. The second kappa shape index (κ2) is 5.57. The molecule has 1 atom stereocenters. The molecule has 0 saturated heterocycles. The molecule has 1 aliphatic heterocycles. The van der Waals surface area contributed by atoms with Gasteiger partial charge in [-0.05, 0) is 24.1 Å². The highest BCUT2D eigenvalue weighted by Gasteiger charge is 2.28. The van der Waals surface area contributed by atoms with E-state index in [1.165, 1.54) is 12.4 Å². The molecule has 0 spiro atoms. The molecule has 1 aromatic carbocycles. The number of benzene rings is 1. The first kappa shape index (κ1) is 13.6. The van der Waals surface area contributed by atoms with Crippen LogP contribution in [0, 0.1) is 12.7 Å². The van der Waals surface area contributed by atoms with Gasteiger partial charge >= 0.3 is 0 Å². The number of carbonyl (C=O) groups is 1. The number of rotatable bonds is 3. The van der Waals surface area contributed by atoms with E-state index in [0.717, 1.165) is 16.8 Å². The minimum absolute atomic E-state index is 0.134. The molecule has 1 aliphatic rings. The van der Waals surface area contributed by atoms with Crippen molar-refractivity contribution in [3.8, 4) is 0 Å². The molecule has 21 heavy (non-hydrogen) atoms. The van der Waals surface area contributed by atoms with Crippen LogP contribution in [0.1, 0.15) is 28.4 Å². The van der Waals surface area contributed by atoms with Crippen LogP contribution in [-0.2, 0) is 17.9 Å². The molecule has 0 radical (unpaired) electrons. The molecule has 0 saturated carbocycles. The van der Waals surface area contributed by atoms with E-state index in [1.54, 1.807) is 25.3 Å². The lowest BCUT2D eigenvalue weighted by Gasteiger charge is -2.12. The van der Waals surface area contributed by atoms with Gasteiger partial charge in [-0.3, -0.25) is 10.1 Å². The molecule has 6 heteroatoms. The molecule has 108 valence electrons. The van der Waals surface area contributed by atoms with Crippen molar-refractivity contribution in [2.24, 2.45) is 0 Å². The average molecular weight is 286 g/mol. The highest BCUT2D eigenvalue weighted by atomic mass is 19.1. The second-order valence-corrected chi connectivity index (χ2v) is 5.04. The molecular formula is C15H15FN4O. The van der Waals surface area contributed by atoms with Gasteiger partial charge in [0.2, 0.25) is 5.91 Å². The maximum absolute atomic E-state index is 13.2. The molecule has 2 aromatic rings. The number of hydrogen-bond donors (Lipinski definition) is 2. The summed E-state index contributed by atoms with van der Waals surface area (Å²) in [5.74, 6) is -0.376. The summed E-state index contributed by atoms with van der Waals surface area (Å²) in [6, 6.07) is 4.38. The van der Waals surface area contributed by atoms with Crippen molar-refractivity contribution < 1.29 is 9.18 Å². The van der Waals surface area contributed by atoms with E-state index in [1.807, 2.05) is 0 Å². The number of halogens is 1. The zero-order chi connectivity index (χ0) is 14.8. The molecule has 0 fully saturated rings. The Balaban J connectivity index is 1.66. The van der Waals surface area contributed by atoms with Crippen LogP contribution in [0.2, 0.25) is 0 Å². The van der Waals surface area contributed by atoms with Gasteiger partial charge in [0.15, 0.2) is 0 Å². The number of aromatic nitrogens is 2. The Labute approximate surface area is 121 Å². The molecule has 1 unspecified atom stereocenters. The number of amides is 1. The van der Waals surface area contributed by atoms with Crippen LogP contribution in [0.5, 0.6) is 0 Å². The Bertz CT molecular complexity index is 689. The average Bonchev–Trinajstić information content (AvgIpc) is 2.92. The first-order valence-electron chi connectivity index (χ1n) is 6.70. The Morgan fingerprint density at radius 3 is 3.19 bits per heavy atom. The van der Waals surface area contributed by atoms with Gasteiger partial charge in [0.25, 0.3) is 0 Å². The summed E-state index contributed by atoms with van der Waals surface area (Å²) in [6.45, 7) is 2.62. The highest BCUT2D eigenvalue weighted by molar-refractivity contribution is 5.84. The van der Waals surface area contributed by atoms with Gasteiger partial charge in [-0.1, -0.05) is 12.1 Å². The Morgan fingerprint density at radius 1 is 1.52 bits per heavy atom. The molecule has 1 amide bonds. The highest BCUT2D eigenvalue weighted by Crippen LogP contribution is 2.22. The van der Waals surface area contributed by atoms with E-state index in [9.17, 15) is 9.18 Å². The lowest BCUT2D eigenvalue weighted by atomic mass is 10.1. The van der Waals surface area contributed by atoms with Crippen LogP contribution in [-0.4, -0.2) is 15.9 Å². The standard InChI is InChI=1S/C15H15FN4O/c1-9-4-10(2-3-12(9)16)5-19-15(21)14-11-6-17-8-20-13(11)7-18-14/h2-4,6,8,14,18H,5,7H2,1H3,(H,19,21). The number of fused-ring (bicyclic) bond motifs is 1. The topological polar surface area (TPSA) is 66.9 Å². The van der Waals surface area contributed by atoms with E-state index in [2.05, 4.69) is 20.6 Å². The number of nitrogens with one attached hydrogen (secondary N) is 2. The third kappa shape index (κ3) is 2.75. The van der Waals surface area contributed by atoms with Crippen molar-refractivity contribution in [3.05, 3.63) is 58.9 Å². The molecule has 2 heterocycles. The molecule has 3 rings (SSSR count). The van der Waals surface area contributed by atoms with Crippen LogP contribution >= 0.6 is 0 Å². The fourth-order valence-corrected chi connectivity index (χ4v) is 2.41. The van der Waals surface area contributed by atoms with E-state index in [4.69, 9.17) is 0 Å². The quantitative estimate of drug-likeness (QED) is 0.894. The number of nitrogens with zero attached hydrogens (tertiary/aromatic N) is 2. The van der Waals surface area contributed by atoms with Crippen molar-refractivity contribution in [1.29, 1.82) is 0 Å². The summed E-state index contributed by atoms with van der Waals surface area (Å²) >= 11 is 0. The van der Waals surface area contributed by atoms with Crippen molar-refractivity contribution in [1.82, 2.24) is 20.6 Å². The van der Waals surface area contributed by atoms with Crippen molar-refractivity contribution in [2.75, 3.05) is 0 Å². The van der Waals surface area contributed by atoms with Crippen LogP contribution in [0.25, 0.3) is 0 Å².